The number of carbonyl (C=O) groups is 1. The van der Waals surface area contributed by atoms with E-state index in [2.05, 4.69) is 26.8 Å². The zero-order chi connectivity index (χ0) is 13.1. The van der Waals surface area contributed by atoms with Crippen LogP contribution in [0.5, 0.6) is 0 Å². The molecule has 0 bridgehead atoms. The third-order valence-corrected chi connectivity index (χ3v) is 2.54. The quantitative estimate of drug-likeness (QED) is 0.384. The highest BCUT2D eigenvalue weighted by Crippen LogP contribution is 2.12. The van der Waals surface area contributed by atoms with E-state index in [1.165, 1.54) is 5.57 Å². The Morgan fingerprint density at radius 1 is 1.35 bits per heavy atom. The van der Waals surface area contributed by atoms with Gasteiger partial charge in [0.2, 0.25) is 0 Å². The molecule has 0 aromatic heterocycles. The summed E-state index contributed by atoms with van der Waals surface area (Å²) in [6, 6.07) is 0. The van der Waals surface area contributed by atoms with Crippen molar-refractivity contribution >= 4 is 5.97 Å². The third kappa shape index (κ3) is 11.4. The van der Waals surface area contributed by atoms with Crippen molar-refractivity contribution in [1.82, 2.24) is 0 Å². The molecule has 0 fully saturated rings. The van der Waals surface area contributed by atoms with E-state index in [0.717, 1.165) is 19.3 Å². The summed E-state index contributed by atoms with van der Waals surface area (Å²) in [5, 5.41) is 8.57. The van der Waals surface area contributed by atoms with Gasteiger partial charge in [0.05, 0.1) is 6.61 Å². The molecule has 0 rings (SSSR count). The molecule has 0 aromatic rings. The standard InChI is InChI=1S/C14H26O3/c1-12(2)7-6-8-13(3)11-14(16)17-10-5-4-9-15/h7,13,15H,4-6,8-11H2,1-3H3. The number of unbranched alkanes of at least 4 members (excludes halogenated alkanes) is 1. The predicted molar refractivity (Wildman–Crippen MR) is 69.7 cm³/mol. The summed E-state index contributed by atoms with van der Waals surface area (Å²) >= 11 is 0. The van der Waals surface area contributed by atoms with Gasteiger partial charge in [-0.1, -0.05) is 18.6 Å². The van der Waals surface area contributed by atoms with E-state index in [0.29, 0.717) is 25.4 Å². The number of hydrogen-bond acceptors (Lipinski definition) is 3. The summed E-state index contributed by atoms with van der Waals surface area (Å²) in [6.07, 6.45) is 6.19. The van der Waals surface area contributed by atoms with Crippen LogP contribution in [0.4, 0.5) is 0 Å². The zero-order valence-electron chi connectivity index (χ0n) is 11.4. The highest BCUT2D eigenvalue weighted by atomic mass is 16.5. The summed E-state index contributed by atoms with van der Waals surface area (Å²) < 4.78 is 5.08. The molecule has 0 aliphatic heterocycles. The molecule has 0 saturated heterocycles. The molecule has 1 atom stereocenters. The van der Waals surface area contributed by atoms with Crippen LogP contribution >= 0.6 is 0 Å². The van der Waals surface area contributed by atoms with E-state index < -0.39 is 0 Å². The van der Waals surface area contributed by atoms with Crippen LogP contribution in [0.3, 0.4) is 0 Å². The molecule has 0 heterocycles. The Morgan fingerprint density at radius 2 is 2.06 bits per heavy atom. The Balaban J connectivity index is 3.55. The van der Waals surface area contributed by atoms with Crippen molar-refractivity contribution in [3.8, 4) is 0 Å². The highest BCUT2D eigenvalue weighted by Gasteiger charge is 2.09. The van der Waals surface area contributed by atoms with Crippen LogP contribution in [0.15, 0.2) is 11.6 Å². The molecular weight excluding hydrogens is 216 g/mol. The second-order valence-electron chi connectivity index (χ2n) is 4.82. The molecule has 0 aliphatic rings. The van der Waals surface area contributed by atoms with Gasteiger partial charge >= 0.3 is 5.97 Å². The van der Waals surface area contributed by atoms with E-state index >= 15 is 0 Å². The molecule has 3 nitrogen and oxygen atoms in total. The summed E-state index contributed by atoms with van der Waals surface area (Å²) in [5.41, 5.74) is 1.32. The average Bonchev–Trinajstić information content (AvgIpc) is 2.23. The topological polar surface area (TPSA) is 46.5 Å². The number of hydrogen-bond donors (Lipinski definition) is 1. The van der Waals surface area contributed by atoms with Crippen molar-refractivity contribution in [2.45, 2.75) is 52.9 Å². The lowest BCUT2D eigenvalue weighted by molar-refractivity contribution is -0.144. The van der Waals surface area contributed by atoms with E-state index in [-0.39, 0.29) is 12.6 Å². The predicted octanol–water partition coefficient (Wildman–Crippen LogP) is 3.07. The van der Waals surface area contributed by atoms with Gasteiger partial charge in [-0.25, -0.2) is 0 Å². The minimum atomic E-state index is -0.118. The molecule has 0 aliphatic carbocycles. The lowest BCUT2D eigenvalue weighted by Gasteiger charge is -2.09. The third-order valence-electron chi connectivity index (χ3n) is 2.54. The van der Waals surface area contributed by atoms with Crippen molar-refractivity contribution < 1.29 is 14.6 Å². The number of ether oxygens (including phenoxy) is 1. The summed E-state index contributed by atoms with van der Waals surface area (Å²) in [7, 11) is 0. The molecule has 3 heteroatoms. The van der Waals surface area contributed by atoms with Crippen molar-refractivity contribution in [2.75, 3.05) is 13.2 Å². The molecule has 0 radical (unpaired) electrons. The van der Waals surface area contributed by atoms with Gasteiger partial charge in [0.1, 0.15) is 0 Å². The number of allylic oxidation sites excluding steroid dienone is 2. The first kappa shape index (κ1) is 16.2. The Morgan fingerprint density at radius 3 is 2.65 bits per heavy atom. The van der Waals surface area contributed by atoms with Gasteiger partial charge in [0, 0.05) is 13.0 Å². The molecule has 100 valence electrons. The largest absolute Gasteiger partial charge is 0.466 e. The van der Waals surface area contributed by atoms with Gasteiger partial charge in [0.25, 0.3) is 0 Å². The Bertz CT molecular complexity index is 230. The molecule has 0 aromatic carbocycles. The Labute approximate surface area is 105 Å². The van der Waals surface area contributed by atoms with Gasteiger partial charge < -0.3 is 9.84 Å². The fourth-order valence-corrected chi connectivity index (χ4v) is 1.50. The zero-order valence-corrected chi connectivity index (χ0v) is 11.4. The van der Waals surface area contributed by atoms with Gasteiger partial charge in [-0.2, -0.15) is 0 Å². The Hall–Kier alpha value is -0.830. The second-order valence-corrected chi connectivity index (χ2v) is 4.82. The maximum atomic E-state index is 11.4. The minimum Gasteiger partial charge on any atom is -0.466 e. The fourth-order valence-electron chi connectivity index (χ4n) is 1.50. The van der Waals surface area contributed by atoms with Gasteiger partial charge in [0.15, 0.2) is 0 Å². The first-order chi connectivity index (χ1) is 8.06. The van der Waals surface area contributed by atoms with Crippen molar-refractivity contribution in [1.29, 1.82) is 0 Å². The molecule has 0 amide bonds. The van der Waals surface area contributed by atoms with Crippen LogP contribution in [-0.4, -0.2) is 24.3 Å². The van der Waals surface area contributed by atoms with Crippen LogP contribution in [0.25, 0.3) is 0 Å². The lowest BCUT2D eigenvalue weighted by Crippen LogP contribution is -2.10. The minimum absolute atomic E-state index is 0.118. The van der Waals surface area contributed by atoms with Crippen LogP contribution in [0.1, 0.15) is 52.9 Å². The summed E-state index contributed by atoms with van der Waals surface area (Å²) in [4.78, 5) is 11.4. The molecule has 1 N–H and O–H groups in total. The van der Waals surface area contributed by atoms with Crippen LogP contribution in [-0.2, 0) is 9.53 Å². The van der Waals surface area contributed by atoms with E-state index in [9.17, 15) is 4.79 Å². The number of rotatable bonds is 9. The molecular formula is C14H26O3. The number of carbonyl (C=O) groups excluding carboxylic acids is 1. The molecule has 17 heavy (non-hydrogen) atoms. The maximum Gasteiger partial charge on any atom is 0.306 e. The number of aliphatic hydroxyl groups excluding tert-OH is 1. The van der Waals surface area contributed by atoms with Crippen molar-refractivity contribution in [3.63, 3.8) is 0 Å². The molecule has 0 saturated carbocycles. The molecule has 1 unspecified atom stereocenters. The summed E-state index contributed by atoms with van der Waals surface area (Å²) in [6.45, 7) is 6.84. The smallest absolute Gasteiger partial charge is 0.306 e. The second kappa shape index (κ2) is 10.3. The van der Waals surface area contributed by atoms with Crippen LogP contribution < -0.4 is 0 Å². The SMILES string of the molecule is CC(C)=CCCC(C)CC(=O)OCCCCO. The van der Waals surface area contributed by atoms with Crippen LogP contribution in [0.2, 0.25) is 0 Å². The number of aliphatic hydroxyl groups is 1. The first-order valence-corrected chi connectivity index (χ1v) is 6.46. The fraction of sp³-hybridized carbons (Fsp3) is 0.786. The Kier molecular flexibility index (Phi) is 9.83. The van der Waals surface area contributed by atoms with E-state index in [4.69, 9.17) is 9.84 Å². The van der Waals surface area contributed by atoms with Gasteiger partial charge in [-0.05, 0) is 45.4 Å². The van der Waals surface area contributed by atoms with E-state index in [1.54, 1.807) is 0 Å². The molecule has 0 spiro atoms. The highest BCUT2D eigenvalue weighted by molar-refractivity contribution is 5.69. The normalized spacial score (nSPS) is 12.0. The number of esters is 1. The lowest BCUT2D eigenvalue weighted by atomic mass is 10.0. The van der Waals surface area contributed by atoms with Crippen molar-refractivity contribution in [2.24, 2.45) is 5.92 Å². The van der Waals surface area contributed by atoms with Crippen LogP contribution in [0, 0.1) is 5.92 Å². The monoisotopic (exact) mass is 242 g/mol. The summed E-state index contributed by atoms with van der Waals surface area (Å²) in [5.74, 6) is 0.253. The van der Waals surface area contributed by atoms with Gasteiger partial charge in [-0.15, -0.1) is 0 Å². The average molecular weight is 242 g/mol. The first-order valence-electron chi connectivity index (χ1n) is 6.46. The van der Waals surface area contributed by atoms with E-state index in [1.807, 2.05) is 0 Å². The van der Waals surface area contributed by atoms with Gasteiger partial charge in [-0.3, -0.25) is 4.79 Å². The van der Waals surface area contributed by atoms with Crippen molar-refractivity contribution in [3.05, 3.63) is 11.6 Å². The maximum absolute atomic E-state index is 11.4.